The highest BCUT2D eigenvalue weighted by Gasteiger charge is 2.13. The summed E-state index contributed by atoms with van der Waals surface area (Å²) in [6.45, 7) is 0.0734. The van der Waals surface area contributed by atoms with E-state index in [1.54, 1.807) is 42.5 Å². The Morgan fingerprint density at radius 1 is 0.914 bits per heavy atom. The number of fused-ring (bicyclic) bond motifs is 1. The van der Waals surface area contributed by atoms with Crippen molar-refractivity contribution in [1.82, 2.24) is 5.43 Å². The van der Waals surface area contributed by atoms with Gasteiger partial charge in [0, 0.05) is 10.2 Å². The van der Waals surface area contributed by atoms with E-state index in [1.165, 1.54) is 13.3 Å². The number of hydrogen-bond donors (Lipinski definition) is 2. The van der Waals surface area contributed by atoms with Crippen LogP contribution in [0.25, 0.3) is 10.8 Å². The molecule has 0 heterocycles. The molecule has 7 nitrogen and oxygen atoms in total. The Morgan fingerprint density at radius 2 is 1.69 bits per heavy atom. The third-order valence-electron chi connectivity index (χ3n) is 5.08. The lowest BCUT2D eigenvalue weighted by atomic mass is 10.1. The maximum Gasteiger partial charge on any atom is 0.343 e. The number of rotatable bonds is 8. The minimum Gasteiger partial charge on any atom is -0.493 e. The summed E-state index contributed by atoms with van der Waals surface area (Å²) < 4.78 is 11.7. The summed E-state index contributed by atoms with van der Waals surface area (Å²) in [5.74, 6) is -0.144. The molecule has 4 aromatic rings. The summed E-state index contributed by atoms with van der Waals surface area (Å²) in [4.78, 5) is 24.5. The van der Waals surface area contributed by atoms with E-state index >= 15 is 0 Å². The summed E-state index contributed by atoms with van der Waals surface area (Å²) in [6.07, 6.45) is 1.48. The number of hydrogen-bond acceptors (Lipinski definition) is 6. The van der Waals surface area contributed by atoms with Gasteiger partial charge in [0.2, 0.25) is 0 Å². The summed E-state index contributed by atoms with van der Waals surface area (Å²) in [6, 6.07) is 25.8. The Kier molecular flexibility index (Phi) is 7.74. The summed E-state index contributed by atoms with van der Waals surface area (Å²) in [5, 5.41) is 9.31. The molecule has 0 aliphatic rings. The van der Waals surface area contributed by atoms with Crippen LogP contribution in [-0.2, 0) is 4.79 Å². The molecule has 4 rings (SSSR count). The zero-order valence-electron chi connectivity index (χ0n) is 18.8. The van der Waals surface area contributed by atoms with Gasteiger partial charge in [-0.15, -0.1) is 0 Å². The van der Waals surface area contributed by atoms with Crippen LogP contribution in [0.5, 0.6) is 11.5 Å². The molecule has 176 valence electrons. The van der Waals surface area contributed by atoms with Crippen molar-refractivity contribution in [2.75, 3.05) is 19.0 Å². The number of amides is 1. The largest absolute Gasteiger partial charge is 0.493 e. The standard InChI is InChI=1S/C27H22BrN3O4/c1-34-25-14-18(6-13-24(25)35-27(33)20-7-10-22(28)11-8-20)16-30-31-26(32)17-29-23-12-9-19-4-2-3-5-21(19)15-23/h2-16,29H,17H2,1H3,(H,31,32). The lowest BCUT2D eigenvalue weighted by Crippen LogP contribution is -2.25. The van der Waals surface area contributed by atoms with Gasteiger partial charge >= 0.3 is 5.97 Å². The Balaban J connectivity index is 1.32. The van der Waals surface area contributed by atoms with Crippen LogP contribution in [-0.4, -0.2) is 31.7 Å². The van der Waals surface area contributed by atoms with E-state index in [2.05, 4.69) is 31.8 Å². The van der Waals surface area contributed by atoms with Gasteiger partial charge in [0.05, 0.1) is 25.4 Å². The Bertz CT molecular complexity index is 1390. The SMILES string of the molecule is COc1cc(C=NNC(=O)CNc2ccc3ccccc3c2)ccc1OC(=O)c1ccc(Br)cc1. The summed E-state index contributed by atoms with van der Waals surface area (Å²) >= 11 is 3.33. The molecule has 0 saturated heterocycles. The van der Waals surface area contributed by atoms with Crippen molar-refractivity contribution in [3.8, 4) is 11.5 Å². The van der Waals surface area contributed by atoms with Crippen LogP contribution < -0.4 is 20.2 Å². The number of esters is 1. The van der Waals surface area contributed by atoms with Crippen molar-refractivity contribution in [2.24, 2.45) is 5.10 Å². The highest BCUT2D eigenvalue weighted by molar-refractivity contribution is 9.10. The predicted octanol–water partition coefficient (Wildman–Crippen LogP) is 5.39. The van der Waals surface area contributed by atoms with Crippen molar-refractivity contribution in [2.45, 2.75) is 0 Å². The average Bonchev–Trinajstić information content (AvgIpc) is 2.88. The molecule has 2 N–H and O–H groups in total. The van der Waals surface area contributed by atoms with Gasteiger partial charge in [0.15, 0.2) is 11.5 Å². The highest BCUT2D eigenvalue weighted by atomic mass is 79.9. The fraction of sp³-hybridized carbons (Fsp3) is 0.0741. The molecular formula is C27H22BrN3O4. The van der Waals surface area contributed by atoms with Crippen molar-refractivity contribution in [3.05, 3.63) is 101 Å². The summed E-state index contributed by atoms with van der Waals surface area (Å²) in [5.41, 5.74) is 4.41. The molecule has 1 amide bonds. The van der Waals surface area contributed by atoms with Gasteiger partial charge in [-0.3, -0.25) is 4.79 Å². The maximum atomic E-state index is 12.4. The second-order valence-corrected chi connectivity index (χ2v) is 8.43. The van der Waals surface area contributed by atoms with Crippen LogP contribution in [0.1, 0.15) is 15.9 Å². The fourth-order valence-electron chi connectivity index (χ4n) is 3.29. The summed E-state index contributed by atoms with van der Waals surface area (Å²) in [7, 11) is 1.48. The number of anilines is 1. The first kappa shape index (κ1) is 24.0. The molecule has 4 aromatic carbocycles. The minimum absolute atomic E-state index is 0.0734. The van der Waals surface area contributed by atoms with E-state index in [-0.39, 0.29) is 18.2 Å². The molecular weight excluding hydrogens is 510 g/mol. The lowest BCUT2D eigenvalue weighted by Gasteiger charge is -2.10. The van der Waals surface area contributed by atoms with Crippen LogP contribution in [0, 0.1) is 0 Å². The molecule has 0 fully saturated rings. The molecule has 0 aromatic heterocycles. The molecule has 8 heteroatoms. The Labute approximate surface area is 210 Å². The smallest absolute Gasteiger partial charge is 0.343 e. The van der Waals surface area contributed by atoms with Gasteiger partial charge in [0.1, 0.15) is 0 Å². The predicted molar refractivity (Wildman–Crippen MR) is 140 cm³/mol. The van der Waals surface area contributed by atoms with Crippen LogP contribution >= 0.6 is 15.9 Å². The fourth-order valence-corrected chi connectivity index (χ4v) is 3.56. The molecule has 0 saturated carbocycles. The number of carbonyl (C=O) groups is 2. The normalized spacial score (nSPS) is 10.8. The van der Waals surface area contributed by atoms with E-state index in [1.807, 2.05) is 42.5 Å². The van der Waals surface area contributed by atoms with Crippen molar-refractivity contribution in [1.29, 1.82) is 0 Å². The zero-order chi connectivity index (χ0) is 24.6. The number of hydrazone groups is 1. The first-order valence-electron chi connectivity index (χ1n) is 10.7. The van der Waals surface area contributed by atoms with Crippen molar-refractivity contribution >= 4 is 50.5 Å². The lowest BCUT2D eigenvalue weighted by molar-refractivity contribution is -0.119. The van der Waals surface area contributed by atoms with Crippen LogP contribution in [0.2, 0.25) is 0 Å². The first-order chi connectivity index (χ1) is 17.0. The van der Waals surface area contributed by atoms with Gasteiger partial charge < -0.3 is 14.8 Å². The van der Waals surface area contributed by atoms with E-state index in [9.17, 15) is 9.59 Å². The number of methoxy groups -OCH3 is 1. The third kappa shape index (κ3) is 6.45. The molecule has 0 radical (unpaired) electrons. The molecule has 0 unspecified atom stereocenters. The Morgan fingerprint density at radius 3 is 2.46 bits per heavy atom. The van der Waals surface area contributed by atoms with Gasteiger partial charge in [-0.05, 0) is 70.9 Å². The highest BCUT2D eigenvalue weighted by Crippen LogP contribution is 2.28. The van der Waals surface area contributed by atoms with Gasteiger partial charge in [0.25, 0.3) is 5.91 Å². The van der Waals surface area contributed by atoms with Gasteiger partial charge in [-0.25, -0.2) is 10.2 Å². The van der Waals surface area contributed by atoms with Crippen molar-refractivity contribution in [3.63, 3.8) is 0 Å². The second-order valence-electron chi connectivity index (χ2n) is 7.52. The topological polar surface area (TPSA) is 89.0 Å². The maximum absolute atomic E-state index is 12.4. The molecule has 0 atom stereocenters. The average molecular weight is 532 g/mol. The van der Waals surface area contributed by atoms with Gasteiger partial charge in [-0.1, -0.05) is 46.3 Å². The van der Waals surface area contributed by atoms with Gasteiger partial charge in [-0.2, -0.15) is 5.10 Å². The van der Waals surface area contributed by atoms with Crippen LogP contribution in [0.4, 0.5) is 5.69 Å². The molecule has 35 heavy (non-hydrogen) atoms. The quantitative estimate of drug-likeness (QED) is 0.138. The number of nitrogens with zero attached hydrogens (tertiary/aromatic N) is 1. The van der Waals surface area contributed by atoms with E-state index < -0.39 is 5.97 Å². The molecule has 0 bridgehead atoms. The number of nitrogens with one attached hydrogen (secondary N) is 2. The second kappa shape index (κ2) is 11.3. The first-order valence-corrected chi connectivity index (χ1v) is 11.5. The molecule has 0 aliphatic heterocycles. The number of carbonyl (C=O) groups excluding carboxylic acids is 2. The Hall–Kier alpha value is -4.17. The van der Waals surface area contributed by atoms with Crippen molar-refractivity contribution < 1.29 is 19.1 Å². The number of halogens is 1. The third-order valence-corrected chi connectivity index (χ3v) is 5.60. The minimum atomic E-state index is -0.497. The van der Waals surface area contributed by atoms with E-state index in [4.69, 9.17) is 9.47 Å². The van der Waals surface area contributed by atoms with E-state index in [0.717, 1.165) is 20.9 Å². The van der Waals surface area contributed by atoms with Crippen LogP contribution in [0.3, 0.4) is 0 Å². The van der Waals surface area contributed by atoms with E-state index in [0.29, 0.717) is 16.9 Å². The molecule has 0 spiro atoms. The number of benzene rings is 4. The monoisotopic (exact) mass is 531 g/mol. The molecule has 0 aliphatic carbocycles. The number of ether oxygens (including phenoxy) is 2. The zero-order valence-corrected chi connectivity index (χ0v) is 20.4. The van der Waals surface area contributed by atoms with Crippen LogP contribution in [0.15, 0.2) is 94.5 Å².